The van der Waals surface area contributed by atoms with Crippen molar-refractivity contribution in [3.05, 3.63) is 16.7 Å². The molecule has 0 amide bonds. The van der Waals surface area contributed by atoms with Crippen LogP contribution in [0.15, 0.2) is 11.1 Å². The van der Waals surface area contributed by atoms with Gasteiger partial charge < -0.3 is 30.5 Å². The van der Waals surface area contributed by atoms with Gasteiger partial charge in [-0.05, 0) is 0 Å². The molecule has 25 heavy (non-hydrogen) atoms. The summed E-state index contributed by atoms with van der Waals surface area (Å²) in [6.45, 7) is 0.310. The lowest BCUT2D eigenvalue weighted by atomic mass is 10.2. The number of imidazole rings is 1. The molecular formula is C14H20N5O6+. The predicted molar refractivity (Wildman–Crippen MR) is 82.3 cm³/mol. The highest BCUT2D eigenvalue weighted by Crippen LogP contribution is 2.26. The summed E-state index contributed by atoms with van der Waals surface area (Å²) in [5.74, 6) is -0.0488. The van der Waals surface area contributed by atoms with Gasteiger partial charge in [-0.2, -0.15) is 0 Å². The third kappa shape index (κ3) is 2.89. The normalized spacial score (nSPS) is 30.0. The molecule has 2 fully saturated rings. The third-order valence-electron chi connectivity index (χ3n) is 4.56. The Bertz CT molecular complexity index is 846. The first kappa shape index (κ1) is 16.4. The average molecular weight is 354 g/mol. The van der Waals surface area contributed by atoms with Crippen molar-refractivity contribution in [2.75, 3.05) is 18.9 Å². The van der Waals surface area contributed by atoms with Crippen molar-refractivity contribution < 1.29 is 29.4 Å². The molecule has 136 valence electrons. The van der Waals surface area contributed by atoms with Crippen LogP contribution in [-0.2, 0) is 16.0 Å². The van der Waals surface area contributed by atoms with Crippen LogP contribution >= 0.6 is 0 Å². The van der Waals surface area contributed by atoms with Gasteiger partial charge in [0.15, 0.2) is 12.6 Å². The lowest BCUT2D eigenvalue weighted by molar-refractivity contribution is -0.739. The zero-order chi connectivity index (χ0) is 17.7. The minimum Gasteiger partial charge on any atom is -0.394 e. The second-order valence-electron chi connectivity index (χ2n) is 6.35. The van der Waals surface area contributed by atoms with E-state index < -0.39 is 30.1 Å². The summed E-state index contributed by atoms with van der Waals surface area (Å²) in [7, 11) is 0. The molecule has 0 aliphatic carbocycles. The van der Waals surface area contributed by atoms with Crippen LogP contribution in [0, 0.1) is 0 Å². The van der Waals surface area contributed by atoms with Gasteiger partial charge in [0.25, 0.3) is 11.5 Å². The molecule has 4 heterocycles. The summed E-state index contributed by atoms with van der Waals surface area (Å²) in [6.07, 6.45) is -1.33. The van der Waals surface area contributed by atoms with Crippen molar-refractivity contribution >= 4 is 17.1 Å². The summed E-state index contributed by atoms with van der Waals surface area (Å²) in [4.78, 5) is 19.0. The number of aliphatic hydroxyl groups excluding tert-OH is 3. The van der Waals surface area contributed by atoms with E-state index in [0.29, 0.717) is 6.61 Å². The minimum absolute atomic E-state index is 0.0488. The van der Waals surface area contributed by atoms with Gasteiger partial charge in [-0.1, -0.05) is 4.98 Å². The van der Waals surface area contributed by atoms with Gasteiger partial charge in [0, 0.05) is 6.42 Å². The molecule has 2 unspecified atom stereocenters. The number of nitrogens with one attached hydrogen (secondary N) is 1. The van der Waals surface area contributed by atoms with Gasteiger partial charge in [-0.3, -0.25) is 14.3 Å². The lowest BCUT2D eigenvalue weighted by Gasteiger charge is -2.10. The van der Waals surface area contributed by atoms with Crippen molar-refractivity contribution in [3.63, 3.8) is 0 Å². The van der Waals surface area contributed by atoms with Gasteiger partial charge in [0.05, 0.1) is 25.9 Å². The molecule has 0 saturated carbocycles. The van der Waals surface area contributed by atoms with Crippen LogP contribution in [0.4, 0.5) is 5.95 Å². The quantitative estimate of drug-likeness (QED) is 0.280. The van der Waals surface area contributed by atoms with Crippen LogP contribution in [0.25, 0.3) is 11.2 Å². The van der Waals surface area contributed by atoms with Crippen molar-refractivity contribution in [1.82, 2.24) is 14.5 Å². The summed E-state index contributed by atoms with van der Waals surface area (Å²) in [6, 6.07) is 0. The van der Waals surface area contributed by atoms with Crippen LogP contribution in [-0.4, -0.2) is 67.5 Å². The van der Waals surface area contributed by atoms with Gasteiger partial charge >= 0.3 is 5.65 Å². The van der Waals surface area contributed by atoms with Gasteiger partial charge in [0.2, 0.25) is 5.52 Å². The number of nitrogen functional groups attached to an aromatic ring is 1. The zero-order valence-corrected chi connectivity index (χ0v) is 13.3. The number of fused-ring (bicyclic) bond motifs is 1. The Morgan fingerprint density at radius 3 is 2.96 bits per heavy atom. The fraction of sp³-hybridized carbons (Fsp3) is 0.643. The molecule has 2 aliphatic heterocycles. The fourth-order valence-electron chi connectivity index (χ4n) is 3.17. The molecule has 0 bridgehead atoms. The van der Waals surface area contributed by atoms with Crippen LogP contribution in [0.1, 0.15) is 12.6 Å². The Kier molecular flexibility index (Phi) is 3.96. The van der Waals surface area contributed by atoms with Gasteiger partial charge in [-0.25, -0.2) is 4.57 Å². The van der Waals surface area contributed by atoms with E-state index >= 15 is 0 Å². The van der Waals surface area contributed by atoms with Gasteiger partial charge in [-0.15, -0.1) is 0 Å². The maximum atomic E-state index is 12.3. The predicted octanol–water partition coefficient (Wildman–Crippen LogP) is -3.01. The highest BCUT2D eigenvalue weighted by molar-refractivity contribution is 5.67. The molecule has 5 atom stereocenters. The number of epoxide rings is 1. The number of H-pyrrole nitrogens is 1. The Labute approximate surface area is 141 Å². The molecule has 11 nitrogen and oxygen atoms in total. The number of hydrogen-bond acceptors (Lipinski definition) is 8. The highest BCUT2D eigenvalue weighted by Gasteiger charge is 2.40. The molecule has 0 radical (unpaired) electrons. The number of ether oxygens (including phenoxy) is 2. The van der Waals surface area contributed by atoms with Crippen LogP contribution in [0.3, 0.4) is 0 Å². The Morgan fingerprint density at radius 2 is 2.32 bits per heavy atom. The van der Waals surface area contributed by atoms with E-state index in [-0.39, 0.29) is 42.8 Å². The lowest BCUT2D eigenvalue weighted by Crippen LogP contribution is -2.40. The van der Waals surface area contributed by atoms with Crippen molar-refractivity contribution in [3.8, 4) is 0 Å². The van der Waals surface area contributed by atoms with E-state index in [1.165, 1.54) is 0 Å². The molecule has 2 aliphatic rings. The Morgan fingerprint density at radius 1 is 1.56 bits per heavy atom. The first-order chi connectivity index (χ1) is 12.0. The summed E-state index contributed by atoms with van der Waals surface area (Å²) in [5.41, 5.74) is 5.72. The highest BCUT2D eigenvalue weighted by atomic mass is 16.6. The summed E-state index contributed by atoms with van der Waals surface area (Å²) < 4.78 is 13.9. The number of aromatic amines is 1. The number of aromatic nitrogens is 4. The average Bonchev–Trinajstić information content (AvgIpc) is 3.26. The molecule has 0 aromatic carbocycles. The molecule has 11 heteroatoms. The first-order valence-electron chi connectivity index (χ1n) is 8.01. The molecule has 2 aromatic rings. The standard InChI is InChI=1S/C14H19N5O6/c15-14-16-12-11(13(23)17-14)18(2-7(22)9-4-24-9)5-19(12)10-1-6(21)8(3-20)25-10/h5-10,20-22H,1-4H2,(H2-,15,16,17,23)/p+1/t6-,7?,8+,9?,10-/m0/s1. The topological polar surface area (TPSA) is 163 Å². The summed E-state index contributed by atoms with van der Waals surface area (Å²) >= 11 is 0. The van der Waals surface area contributed by atoms with Gasteiger partial charge in [0.1, 0.15) is 18.3 Å². The molecule has 6 N–H and O–H groups in total. The van der Waals surface area contributed by atoms with E-state index in [0.717, 1.165) is 0 Å². The minimum atomic E-state index is -0.828. The van der Waals surface area contributed by atoms with Crippen molar-refractivity contribution in [1.29, 1.82) is 0 Å². The van der Waals surface area contributed by atoms with E-state index in [1.807, 2.05) is 0 Å². The number of hydrogen-bond donors (Lipinski definition) is 5. The van der Waals surface area contributed by atoms with Crippen LogP contribution < -0.4 is 15.9 Å². The van der Waals surface area contributed by atoms with E-state index in [2.05, 4.69) is 9.97 Å². The second kappa shape index (κ2) is 6.04. The monoisotopic (exact) mass is 354 g/mol. The number of rotatable bonds is 5. The van der Waals surface area contributed by atoms with Crippen LogP contribution in [0.5, 0.6) is 0 Å². The maximum Gasteiger partial charge on any atom is 0.313 e. The van der Waals surface area contributed by atoms with E-state index in [4.69, 9.17) is 15.2 Å². The zero-order valence-electron chi connectivity index (χ0n) is 13.3. The number of anilines is 1. The van der Waals surface area contributed by atoms with E-state index in [9.17, 15) is 20.1 Å². The van der Waals surface area contributed by atoms with Crippen LogP contribution in [0.2, 0.25) is 0 Å². The maximum absolute atomic E-state index is 12.3. The Balaban J connectivity index is 1.77. The molecule has 2 saturated heterocycles. The summed E-state index contributed by atoms with van der Waals surface area (Å²) in [5, 5.41) is 29.3. The first-order valence-corrected chi connectivity index (χ1v) is 8.01. The molecular weight excluding hydrogens is 334 g/mol. The number of nitrogens with zero attached hydrogens (tertiary/aromatic N) is 3. The second-order valence-corrected chi connectivity index (χ2v) is 6.35. The molecule has 4 rings (SSSR count). The fourth-order valence-corrected chi connectivity index (χ4v) is 3.17. The number of aliphatic hydroxyl groups is 3. The molecule has 0 spiro atoms. The third-order valence-corrected chi connectivity index (χ3v) is 4.56. The Hall–Kier alpha value is -2.05. The largest absolute Gasteiger partial charge is 0.394 e. The SMILES string of the molecule is Nc1nc2c(c(=O)[nH]1)n(CC(O)C1CO1)c[n+]2[C@@H]1C[C@H](O)[C@@H](CO)O1. The van der Waals surface area contributed by atoms with Crippen molar-refractivity contribution in [2.24, 2.45) is 0 Å². The van der Waals surface area contributed by atoms with Crippen molar-refractivity contribution in [2.45, 2.75) is 43.6 Å². The van der Waals surface area contributed by atoms with E-state index in [1.54, 1.807) is 15.5 Å². The number of nitrogens with two attached hydrogens (primary N) is 1. The smallest absolute Gasteiger partial charge is 0.313 e. The molecule has 2 aromatic heterocycles.